The molecule has 0 amide bonds. The van der Waals surface area contributed by atoms with Crippen molar-refractivity contribution in [2.45, 2.75) is 64.5 Å². The monoisotopic (exact) mass is 585 g/mol. The van der Waals surface area contributed by atoms with E-state index in [1.165, 1.54) is 23.3 Å². The van der Waals surface area contributed by atoms with Gasteiger partial charge in [0.1, 0.15) is 23.9 Å². The number of aliphatic hydroxyl groups excluding tert-OH is 1. The molecule has 226 valence electrons. The van der Waals surface area contributed by atoms with Crippen LogP contribution < -0.4 is 14.4 Å². The Labute approximate surface area is 253 Å². The molecule has 43 heavy (non-hydrogen) atoms. The normalized spacial score (nSPS) is 22.3. The van der Waals surface area contributed by atoms with Gasteiger partial charge in [0.2, 0.25) is 0 Å². The van der Waals surface area contributed by atoms with E-state index in [9.17, 15) is 9.18 Å². The predicted molar refractivity (Wildman–Crippen MR) is 166 cm³/mol. The third kappa shape index (κ3) is 6.24. The topological polar surface area (TPSA) is 72.6 Å². The molecule has 3 aromatic carbocycles. The van der Waals surface area contributed by atoms with Gasteiger partial charge in [-0.3, -0.25) is 9.79 Å². The van der Waals surface area contributed by atoms with Crippen LogP contribution in [-0.4, -0.2) is 49.5 Å². The van der Waals surface area contributed by atoms with Crippen molar-refractivity contribution in [3.8, 4) is 22.6 Å². The van der Waals surface area contributed by atoms with Gasteiger partial charge in [-0.2, -0.15) is 0 Å². The zero-order valence-electron chi connectivity index (χ0n) is 25.2. The number of benzene rings is 3. The van der Waals surface area contributed by atoms with Crippen LogP contribution in [0.3, 0.4) is 0 Å². The Morgan fingerprint density at radius 1 is 1.07 bits per heavy atom. The summed E-state index contributed by atoms with van der Waals surface area (Å²) in [5.74, 6) is 2.42. The summed E-state index contributed by atoms with van der Waals surface area (Å²) in [7, 11) is 1.67. The molecule has 0 bridgehead atoms. The second-order valence-corrected chi connectivity index (χ2v) is 12.2. The van der Waals surface area contributed by atoms with Crippen molar-refractivity contribution in [1.29, 1.82) is 0 Å². The molecule has 1 saturated carbocycles. The summed E-state index contributed by atoms with van der Waals surface area (Å²) in [5, 5.41) is 9.14. The number of nitrogens with zero attached hydrogens (tertiary/aromatic N) is 1. The van der Waals surface area contributed by atoms with Gasteiger partial charge in [-0.1, -0.05) is 24.3 Å². The lowest BCUT2D eigenvalue weighted by Gasteiger charge is -2.23. The number of quaternary nitrogens is 1. The minimum absolute atomic E-state index is 0.175. The number of nitrogens with one attached hydrogen (secondary N) is 1. The van der Waals surface area contributed by atoms with Crippen molar-refractivity contribution in [2.75, 3.05) is 26.9 Å². The number of hydrogen-bond acceptors (Lipinski definition) is 5. The summed E-state index contributed by atoms with van der Waals surface area (Å²) in [5.41, 5.74) is 6.84. The van der Waals surface area contributed by atoms with Crippen molar-refractivity contribution in [2.24, 2.45) is 16.8 Å². The van der Waals surface area contributed by atoms with Gasteiger partial charge in [-0.25, -0.2) is 4.39 Å². The van der Waals surface area contributed by atoms with Crippen LogP contribution in [0.15, 0.2) is 59.6 Å². The third-order valence-corrected chi connectivity index (χ3v) is 9.65. The molecule has 6 nitrogen and oxygen atoms in total. The first-order valence-electron chi connectivity index (χ1n) is 15.7. The smallest absolute Gasteiger partial charge is 0.163 e. The Balaban J connectivity index is 1.13. The van der Waals surface area contributed by atoms with Crippen LogP contribution in [0.25, 0.3) is 11.1 Å². The number of likely N-dealkylation sites (tertiary alicyclic amines) is 1. The Hall–Kier alpha value is -3.55. The number of carbonyl (C=O) groups is 1. The molecule has 3 aromatic rings. The zero-order chi connectivity index (χ0) is 29.9. The third-order valence-electron chi connectivity index (χ3n) is 9.65. The minimum atomic E-state index is -0.272. The first kappa shape index (κ1) is 29.5. The molecule has 6 rings (SSSR count). The predicted octanol–water partition coefficient (Wildman–Crippen LogP) is 5.76. The van der Waals surface area contributed by atoms with E-state index in [1.54, 1.807) is 24.1 Å². The number of halogens is 1. The molecule has 2 aliphatic heterocycles. The lowest BCUT2D eigenvalue weighted by atomic mass is 9.87. The Bertz CT molecular complexity index is 1500. The van der Waals surface area contributed by atoms with Gasteiger partial charge in [0.25, 0.3) is 0 Å². The maximum absolute atomic E-state index is 13.6. The summed E-state index contributed by atoms with van der Waals surface area (Å²) in [6.45, 7) is 4.64. The highest BCUT2D eigenvalue weighted by molar-refractivity contribution is 5.99. The highest BCUT2D eigenvalue weighted by atomic mass is 19.1. The summed E-state index contributed by atoms with van der Waals surface area (Å²) >= 11 is 0. The quantitative estimate of drug-likeness (QED) is 0.265. The molecule has 2 unspecified atom stereocenters. The lowest BCUT2D eigenvalue weighted by molar-refractivity contribution is -0.927. The van der Waals surface area contributed by atoms with Crippen LogP contribution in [0, 0.1) is 17.7 Å². The molecular weight excluding hydrogens is 543 g/mol. The molecule has 3 aliphatic rings. The number of Topliss-reactive ketones (excluding diaryl/α,β-unsaturated/α-hetero) is 1. The van der Waals surface area contributed by atoms with Crippen molar-refractivity contribution >= 4 is 17.2 Å². The number of aliphatic imine (C=N–C) groups is 1. The van der Waals surface area contributed by atoms with E-state index >= 15 is 0 Å². The van der Waals surface area contributed by atoms with E-state index in [2.05, 4.69) is 18.2 Å². The Morgan fingerprint density at radius 3 is 2.65 bits per heavy atom. The molecule has 1 aliphatic carbocycles. The second-order valence-electron chi connectivity index (χ2n) is 12.2. The van der Waals surface area contributed by atoms with E-state index < -0.39 is 0 Å². The summed E-state index contributed by atoms with van der Waals surface area (Å²) < 4.78 is 25.5. The standard InChI is InChI=1S/C36H41FN2O4/c1-3-43-35-18-23(17-34(42-2)36(35)24-8-11-28(37)12-9-24)22-39-15-14-30-25(10-13-32(30)39)21-33(41)27-7-6-26-19-29(5-4-16-40)38-31(26)20-27/h6-9,11-12,17-18,20,25,30,32,40H,3-5,10,13-16,19,21-22H2,1-2H3/p+1/t25?,30-,32+/m0/s1. The highest BCUT2D eigenvalue weighted by Gasteiger charge is 2.47. The van der Waals surface area contributed by atoms with E-state index in [1.807, 2.05) is 19.1 Å². The van der Waals surface area contributed by atoms with Gasteiger partial charge in [-0.05, 0) is 80.0 Å². The number of aliphatic hydroxyl groups is 1. The number of fused-ring (bicyclic) bond motifs is 2. The number of carbonyl (C=O) groups excluding carboxylic acids is 1. The Kier molecular flexibility index (Phi) is 8.91. The van der Waals surface area contributed by atoms with Crippen LogP contribution in [0.5, 0.6) is 11.5 Å². The van der Waals surface area contributed by atoms with E-state index in [0.717, 1.165) is 91.2 Å². The summed E-state index contributed by atoms with van der Waals surface area (Å²) in [6, 6.07) is 17.2. The van der Waals surface area contributed by atoms with Crippen molar-refractivity contribution in [3.63, 3.8) is 0 Å². The number of hydrogen-bond donors (Lipinski definition) is 2. The summed E-state index contributed by atoms with van der Waals surface area (Å²) in [4.78, 5) is 19.7. The highest BCUT2D eigenvalue weighted by Crippen LogP contribution is 2.41. The molecule has 0 aromatic heterocycles. The van der Waals surface area contributed by atoms with Crippen molar-refractivity contribution < 1.29 is 28.7 Å². The number of methoxy groups -OCH3 is 1. The molecule has 2 N–H and O–H groups in total. The molecule has 1 saturated heterocycles. The number of ketones is 1. The number of rotatable bonds is 12. The fourth-order valence-corrected chi connectivity index (χ4v) is 7.65. The first-order valence-corrected chi connectivity index (χ1v) is 15.7. The van der Waals surface area contributed by atoms with E-state index in [4.69, 9.17) is 19.6 Å². The van der Waals surface area contributed by atoms with Gasteiger partial charge in [0, 0.05) is 48.6 Å². The van der Waals surface area contributed by atoms with Crippen LogP contribution in [0.4, 0.5) is 10.1 Å². The van der Waals surface area contributed by atoms with Crippen LogP contribution in [0.1, 0.15) is 66.9 Å². The zero-order valence-corrected chi connectivity index (χ0v) is 25.2. The van der Waals surface area contributed by atoms with Gasteiger partial charge in [0.15, 0.2) is 5.78 Å². The first-order chi connectivity index (χ1) is 21.0. The number of ether oxygens (including phenoxy) is 2. The van der Waals surface area contributed by atoms with E-state index in [0.29, 0.717) is 30.9 Å². The average Bonchev–Trinajstić information content (AvgIpc) is 3.72. The molecule has 7 heteroatoms. The Morgan fingerprint density at radius 2 is 1.88 bits per heavy atom. The van der Waals surface area contributed by atoms with Crippen LogP contribution in [0.2, 0.25) is 0 Å². The van der Waals surface area contributed by atoms with Crippen LogP contribution >= 0.6 is 0 Å². The fraction of sp³-hybridized carbons (Fsp3) is 0.444. The van der Waals surface area contributed by atoms with Crippen molar-refractivity contribution in [3.05, 3.63) is 77.1 Å². The van der Waals surface area contributed by atoms with Crippen molar-refractivity contribution in [1.82, 2.24) is 0 Å². The molecule has 4 atom stereocenters. The molecule has 0 radical (unpaired) electrons. The van der Waals surface area contributed by atoms with Crippen LogP contribution in [-0.2, 0) is 13.0 Å². The van der Waals surface area contributed by atoms with Gasteiger partial charge in [-0.15, -0.1) is 0 Å². The molecule has 2 fully saturated rings. The molecular formula is C36H42FN2O4+. The minimum Gasteiger partial charge on any atom is -0.496 e. The molecule has 0 spiro atoms. The van der Waals surface area contributed by atoms with Gasteiger partial charge >= 0.3 is 0 Å². The lowest BCUT2D eigenvalue weighted by Crippen LogP contribution is -3.12. The largest absolute Gasteiger partial charge is 0.496 e. The average molecular weight is 586 g/mol. The maximum atomic E-state index is 13.6. The second kappa shape index (κ2) is 13.0. The summed E-state index contributed by atoms with van der Waals surface area (Å²) in [6.07, 6.45) is 6.33. The molecule has 2 heterocycles. The fourth-order valence-electron chi connectivity index (χ4n) is 7.65. The van der Waals surface area contributed by atoms with Gasteiger partial charge < -0.3 is 19.5 Å². The maximum Gasteiger partial charge on any atom is 0.163 e. The van der Waals surface area contributed by atoms with Gasteiger partial charge in [0.05, 0.1) is 37.6 Å². The SMILES string of the molecule is CCOc1cc(C[NH+]2CC[C@H]3C(CC(=O)c4ccc5c(c4)N=C(CCCO)C5)CC[C@H]32)cc(OC)c1-c1ccc(F)cc1. The van der Waals surface area contributed by atoms with E-state index in [-0.39, 0.29) is 18.2 Å².